The van der Waals surface area contributed by atoms with Gasteiger partial charge in [0.25, 0.3) is 11.8 Å². The highest BCUT2D eigenvalue weighted by Crippen LogP contribution is 2.46. The minimum atomic E-state index is -4.74. The second-order valence-corrected chi connectivity index (χ2v) is 7.48. The first-order valence-corrected chi connectivity index (χ1v) is 9.78. The molecular formula is C22H24F3N3O2. The highest BCUT2D eigenvalue weighted by Gasteiger charge is 2.63. The van der Waals surface area contributed by atoms with Gasteiger partial charge in [-0.25, -0.2) is 0 Å². The molecule has 160 valence electrons. The van der Waals surface area contributed by atoms with Crippen molar-refractivity contribution < 1.29 is 22.8 Å². The molecule has 1 heterocycles. The SMILES string of the molecule is CCc1ccc(C(=O)NNC(=O)C2(C(F)(F)F)CCN(Cc3ccccc3)C2)cc1. The molecule has 2 aromatic rings. The first-order valence-electron chi connectivity index (χ1n) is 9.78. The molecule has 0 bridgehead atoms. The van der Waals surface area contributed by atoms with E-state index in [0.717, 1.165) is 17.5 Å². The average molecular weight is 419 g/mol. The summed E-state index contributed by atoms with van der Waals surface area (Å²) in [5, 5.41) is 0. The number of hydrogen-bond donors (Lipinski definition) is 2. The minimum absolute atomic E-state index is 0.133. The molecule has 1 saturated heterocycles. The molecule has 0 aromatic heterocycles. The van der Waals surface area contributed by atoms with E-state index in [1.54, 1.807) is 29.2 Å². The van der Waals surface area contributed by atoms with E-state index in [1.807, 2.05) is 42.7 Å². The molecule has 2 aromatic carbocycles. The molecule has 8 heteroatoms. The van der Waals surface area contributed by atoms with Gasteiger partial charge in [0.1, 0.15) is 0 Å². The standard InChI is InChI=1S/C22H24F3N3O2/c1-2-16-8-10-18(11-9-16)19(29)26-27-20(30)21(22(23,24)25)12-13-28(15-21)14-17-6-4-3-5-7-17/h3-11H,2,12-15H2,1H3,(H,26,29)(H,27,30). The number of carbonyl (C=O) groups is 2. The quantitative estimate of drug-likeness (QED) is 0.730. The molecule has 1 aliphatic rings. The van der Waals surface area contributed by atoms with E-state index in [-0.39, 0.29) is 18.5 Å². The molecule has 5 nitrogen and oxygen atoms in total. The van der Waals surface area contributed by atoms with E-state index < -0.39 is 30.0 Å². The van der Waals surface area contributed by atoms with Crippen LogP contribution in [0.15, 0.2) is 54.6 Å². The van der Waals surface area contributed by atoms with Crippen molar-refractivity contribution in [3.05, 3.63) is 71.3 Å². The predicted molar refractivity (Wildman–Crippen MR) is 106 cm³/mol. The van der Waals surface area contributed by atoms with Crippen molar-refractivity contribution in [3.8, 4) is 0 Å². The van der Waals surface area contributed by atoms with Crippen molar-refractivity contribution in [1.29, 1.82) is 0 Å². The number of likely N-dealkylation sites (tertiary alicyclic amines) is 1. The van der Waals surface area contributed by atoms with Gasteiger partial charge in [-0.3, -0.25) is 25.3 Å². The van der Waals surface area contributed by atoms with Gasteiger partial charge in [0.15, 0.2) is 5.41 Å². The maximum Gasteiger partial charge on any atom is 0.404 e. The van der Waals surface area contributed by atoms with Gasteiger partial charge < -0.3 is 0 Å². The lowest BCUT2D eigenvalue weighted by molar-refractivity contribution is -0.218. The van der Waals surface area contributed by atoms with Gasteiger partial charge in [-0.15, -0.1) is 0 Å². The van der Waals surface area contributed by atoms with Gasteiger partial charge in [0.05, 0.1) is 0 Å². The summed E-state index contributed by atoms with van der Waals surface area (Å²) < 4.78 is 41.7. The van der Waals surface area contributed by atoms with Gasteiger partial charge in [0, 0.05) is 18.7 Å². The van der Waals surface area contributed by atoms with E-state index in [4.69, 9.17) is 0 Å². The van der Waals surface area contributed by atoms with Crippen molar-refractivity contribution >= 4 is 11.8 Å². The molecule has 30 heavy (non-hydrogen) atoms. The number of nitrogens with zero attached hydrogens (tertiary/aromatic N) is 1. The Morgan fingerprint density at radius 2 is 1.67 bits per heavy atom. The predicted octanol–water partition coefficient (Wildman–Crippen LogP) is 3.46. The van der Waals surface area contributed by atoms with Gasteiger partial charge in [-0.05, 0) is 42.6 Å². The summed E-state index contributed by atoms with van der Waals surface area (Å²) in [5.74, 6) is -1.91. The van der Waals surface area contributed by atoms with Crippen LogP contribution in [0.4, 0.5) is 13.2 Å². The van der Waals surface area contributed by atoms with Gasteiger partial charge >= 0.3 is 6.18 Å². The lowest BCUT2D eigenvalue weighted by Gasteiger charge is -2.30. The summed E-state index contributed by atoms with van der Waals surface area (Å²) >= 11 is 0. The highest BCUT2D eigenvalue weighted by molar-refractivity contribution is 5.96. The van der Waals surface area contributed by atoms with Gasteiger partial charge in [-0.1, -0.05) is 49.4 Å². The smallest absolute Gasteiger partial charge is 0.298 e. The lowest BCUT2D eigenvalue weighted by Crippen LogP contribution is -2.56. The monoisotopic (exact) mass is 419 g/mol. The van der Waals surface area contributed by atoms with Crippen molar-refractivity contribution in [2.45, 2.75) is 32.5 Å². The first kappa shape index (κ1) is 21.8. The summed E-state index contributed by atoms with van der Waals surface area (Å²) in [6.45, 7) is 1.96. The van der Waals surface area contributed by atoms with E-state index in [9.17, 15) is 22.8 Å². The van der Waals surface area contributed by atoms with Crippen LogP contribution >= 0.6 is 0 Å². The number of aryl methyl sites for hydroxylation is 1. The molecule has 1 aliphatic heterocycles. The van der Waals surface area contributed by atoms with Crippen LogP contribution in [-0.4, -0.2) is 36.0 Å². The van der Waals surface area contributed by atoms with E-state index in [2.05, 4.69) is 5.43 Å². The van der Waals surface area contributed by atoms with Crippen LogP contribution in [0.25, 0.3) is 0 Å². The summed E-state index contributed by atoms with van der Waals surface area (Å²) in [7, 11) is 0. The van der Waals surface area contributed by atoms with E-state index in [1.165, 1.54) is 0 Å². The number of hydrazine groups is 1. The molecular weight excluding hydrogens is 395 g/mol. The largest absolute Gasteiger partial charge is 0.404 e. The Bertz CT molecular complexity index is 885. The number of halogens is 3. The number of benzene rings is 2. The van der Waals surface area contributed by atoms with Crippen molar-refractivity contribution in [2.24, 2.45) is 5.41 Å². The summed E-state index contributed by atoms with van der Waals surface area (Å²) in [5.41, 5.74) is 3.70. The number of alkyl halides is 3. The fourth-order valence-corrected chi connectivity index (χ4v) is 3.61. The molecule has 0 radical (unpaired) electrons. The third kappa shape index (κ3) is 4.64. The van der Waals surface area contributed by atoms with Crippen LogP contribution in [0.3, 0.4) is 0 Å². The van der Waals surface area contributed by atoms with Crippen molar-refractivity contribution in [2.75, 3.05) is 13.1 Å². The maximum atomic E-state index is 13.9. The summed E-state index contributed by atoms with van der Waals surface area (Å²) in [6, 6.07) is 15.8. The van der Waals surface area contributed by atoms with Crippen LogP contribution in [0, 0.1) is 5.41 Å². The minimum Gasteiger partial charge on any atom is -0.298 e. The zero-order valence-corrected chi connectivity index (χ0v) is 16.6. The molecule has 0 aliphatic carbocycles. The van der Waals surface area contributed by atoms with Crippen molar-refractivity contribution in [3.63, 3.8) is 0 Å². The van der Waals surface area contributed by atoms with Crippen LogP contribution < -0.4 is 10.9 Å². The van der Waals surface area contributed by atoms with Crippen LogP contribution in [0.1, 0.15) is 34.8 Å². The van der Waals surface area contributed by atoms with E-state index in [0.29, 0.717) is 6.54 Å². The average Bonchev–Trinajstić information content (AvgIpc) is 3.18. The van der Waals surface area contributed by atoms with Gasteiger partial charge in [-0.2, -0.15) is 13.2 Å². The third-order valence-corrected chi connectivity index (χ3v) is 5.49. The maximum absolute atomic E-state index is 13.9. The summed E-state index contributed by atoms with van der Waals surface area (Å²) in [6.07, 6.45) is -4.31. The zero-order chi connectivity index (χ0) is 21.8. The Morgan fingerprint density at radius 3 is 2.27 bits per heavy atom. The molecule has 1 atom stereocenters. The lowest BCUT2D eigenvalue weighted by atomic mass is 9.85. The number of carbonyl (C=O) groups excluding carboxylic acids is 2. The van der Waals surface area contributed by atoms with Crippen LogP contribution in [0.2, 0.25) is 0 Å². The highest BCUT2D eigenvalue weighted by atomic mass is 19.4. The fraction of sp³-hybridized carbons (Fsp3) is 0.364. The zero-order valence-electron chi connectivity index (χ0n) is 16.6. The normalized spacial score (nSPS) is 19.5. The van der Waals surface area contributed by atoms with Crippen molar-refractivity contribution in [1.82, 2.24) is 15.8 Å². The number of hydrogen-bond acceptors (Lipinski definition) is 3. The second-order valence-electron chi connectivity index (χ2n) is 7.48. The number of amides is 2. The van der Waals surface area contributed by atoms with Crippen LogP contribution in [-0.2, 0) is 17.8 Å². The Kier molecular flexibility index (Phi) is 6.45. The topological polar surface area (TPSA) is 61.4 Å². The van der Waals surface area contributed by atoms with Gasteiger partial charge in [0.2, 0.25) is 0 Å². The fourth-order valence-electron chi connectivity index (χ4n) is 3.61. The molecule has 3 rings (SSSR count). The third-order valence-electron chi connectivity index (χ3n) is 5.49. The molecule has 1 unspecified atom stereocenters. The van der Waals surface area contributed by atoms with E-state index >= 15 is 0 Å². The molecule has 0 spiro atoms. The molecule has 0 saturated carbocycles. The second kappa shape index (κ2) is 8.87. The first-order chi connectivity index (χ1) is 14.2. The Hall–Kier alpha value is -2.87. The summed E-state index contributed by atoms with van der Waals surface area (Å²) in [4.78, 5) is 26.4. The Balaban J connectivity index is 1.66. The Labute approximate surface area is 173 Å². The molecule has 2 amide bonds. The Morgan fingerprint density at radius 1 is 1.00 bits per heavy atom. The molecule has 2 N–H and O–H groups in total. The number of rotatable bonds is 5. The molecule has 1 fully saturated rings. The van der Waals surface area contributed by atoms with Crippen LogP contribution in [0.5, 0.6) is 0 Å². The number of nitrogens with one attached hydrogen (secondary N) is 2.